The molecule has 0 radical (unpaired) electrons. The van der Waals surface area contributed by atoms with E-state index in [0.29, 0.717) is 6.54 Å². The highest BCUT2D eigenvalue weighted by Gasteiger charge is 2.25. The summed E-state index contributed by atoms with van der Waals surface area (Å²) >= 11 is 3.51. The molecule has 2 aromatic rings. The Hall–Kier alpha value is -1.81. The number of hydrogen-bond acceptors (Lipinski definition) is 2. The van der Waals surface area contributed by atoms with E-state index in [-0.39, 0.29) is 12.5 Å². The highest BCUT2D eigenvalue weighted by Crippen LogP contribution is 2.34. The average molecular weight is 346 g/mol. The van der Waals surface area contributed by atoms with Gasteiger partial charge < -0.3 is 9.64 Å². The number of nitrogens with zero attached hydrogens (tertiary/aromatic N) is 1. The van der Waals surface area contributed by atoms with Crippen LogP contribution in [0.5, 0.6) is 5.75 Å². The molecule has 0 N–H and O–H groups in total. The zero-order valence-electron chi connectivity index (χ0n) is 12.0. The standard InChI is InChI=1S/C17H16BrNO2/c1-11-3-4-15-16(7-11)21-10-17(20)19(15)9-13-5-12(2)6-14(18)8-13/h3-8H,9-10H2,1-2H3. The number of amides is 1. The van der Waals surface area contributed by atoms with E-state index in [1.165, 1.54) is 5.56 Å². The summed E-state index contributed by atoms with van der Waals surface area (Å²) in [5, 5.41) is 0. The zero-order valence-corrected chi connectivity index (χ0v) is 13.6. The van der Waals surface area contributed by atoms with Crippen LogP contribution in [0.2, 0.25) is 0 Å². The quantitative estimate of drug-likeness (QED) is 0.823. The molecule has 1 heterocycles. The second kappa shape index (κ2) is 5.53. The Labute approximate surface area is 132 Å². The Balaban J connectivity index is 1.96. The number of carbonyl (C=O) groups excluding carboxylic acids is 1. The van der Waals surface area contributed by atoms with Gasteiger partial charge in [-0.15, -0.1) is 0 Å². The van der Waals surface area contributed by atoms with E-state index < -0.39 is 0 Å². The van der Waals surface area contributed by atoms with E-state index in [1.807, 2.05) is 38.1 Å². The predicted octanol–water partition coefficient (Wildman–Crippen LogP) is 3.99. The summed E-state index contributed by atoms with van der Waals surface area (Å²) in [5.41, 5.74) is 4.24. The van der Waals surface area contributed by atoms with Crippen molar-refractivity contribution in [3.8, 4) is 5.75 Å². The number of carbonyl (C=O) groups is 1. The first kappa shape index (κ1) is 14.1. The molecule has 1 aliphatic rings. The molecule has 0 aliphatic carbocycles. The molecule has 0 aromatic heterocycles. The molecule has 0 unspecified atom stereocenters. The van der Waals surface area contributed by atoms with Gasteiger partial charge in [0, 0.05) is 4.47 Å². The minimum Gasteiger partial charge on any atom is -0.482 e. The summed E-state index contributed by atoms with van der Waals surface area (Å²) < 4.78 is 6.56. The molecule has 0 saturated heterocycles. The Kier molecular flexibility index (Phi) is 3.72. The van der Waals surface area contributed by atoms with Crippen molar-refractivity contribution in [2.75, 3.05) is 11.5 Å². The summed E-state index contributed by atoms with van der Waals surface area (Å²) in [6.07, 6.45) is 0. The Bertz CT molecular complexity index is 692. The number of ether oxygens (including phenoxy) is 1. The molecular formula is C17H16BrNO2. The molecule has 0 spiro atoms. The number of halogens is 1. The molecule has 3 rings (SSSR count). The normalized spacial score (nSPS) is 13.9. The third-order valence-electron chi connectivity index (χ3n) is 3.50. The Morgan fingerprint density at radius 3 is 2.71 bits per heavy atom. The Morgan fingerprint density at radius 2 is 1.95 bits per heavy atom. The first-order valence-electron chi connectivity index (χ1n) is 6.83. The molecule has 3 nitrogen and oxygen atoms in total. The van der Waals surface area contributed by atoms with Crippen LogP contribution in [0.1, 0.15) is 16.7 Å². The van der Waals surface area contributed by atoms with Crippen molar-refractivity contribution in [2.24, 2.45) is 0 Å². The smallest absolute Gasteiger partial charge is 0.265 e. The molecule has 1 aliphatic heterocycles. The summed E-state index contributed by atoms with van der Waals surface area (Å²) in [4.78, 5) is 14.0. The lowest BCUT2D eigenvalue weighted by atomic mass is 10.1. The van der Waals surface area contributed by atoms with Crippen LogP contribution in [-0.2, 0) is 11.3 Å². The summed E-state index contributed by atoms with van der Waals surface area (Å²) in [6.45, 7) is 4.72. The van der Waals surface area contributed by atoms with Crippen molar-refractivity contribution in [3.63, 3.8) is 0 Å². The molecule has 1 amide bonds. The van der Waals surface area contributed by atoms with Crippen molar-refractivity contribution in [1.29, 1.82) is 0 Å². The molecule has 0 fully saturated rings. The summed E-state index contributed by atoms with van der Waals surface area (Å²) in [6, 6.07) is 12.1. The second-order valence-electron chi connectivity index (χ2n) is 5.38. The first-order chi connectivity index (χ1) is 10.0. The SMILES string of the molecule is Cc1cc(Br)cc(CN2C(=O)COc3cc(C)ccc32)c1. The highest BCUT2D eigenvalue weighted by molar-refractivity contribution is 9.10. The van der Waals surface area contributed by atoms with E-state index in [1.54, 1.807) is 4.90 Å². The van der Waals surface area contributed by atoms with Crippen molar-refractivity contribution in [2.45, 2.75) is 20.4 Å². The molecule has 0 bridgehead atoms. The molecule has 0 atom stereocenters. The molecule has 21 heavy (non-hydrogen) atoms. The van der Waals surface area contributed by atoms with Crippen LogP contribution in [0.15, 0.2) is 40.9 Å². The van der Waals surface area contributed by atoms with Gasteiger partial charge in [-0.1, -0.05) is 28.1 Å². The maximum absolute atomic E-state index is 12.2. The lowest BCUT2D eigenvalue weighted by Crippen LogP contribution is -2.38. The van der Waals surface area contributed by atoms with E-state index in [4.69, 9.17) is 4.74 Å². The molecule has 108 valence electrons. The van der Waals surface area contributed by atoms with Crippen molar-refractivity contribution in [3.05, 3.63) is 57.6 Å². The minimum absolute atomic E-state index is 0.0102. The van der Waals surface area contributed by atoms with E-state index in [0.717, 1.165) is 27.0 Å². The fraction of sp³-hybridized carbons (Fsp3) is 0.235. The van der Waals surface area contributed by atoms with Gasteiger partial charge in [-0.2, -0.15) is 0 Å². The largest absolute Gasteiger partial charge is 0.482 e. The van der Waals surface area contributed by atoms with Crippen LogP contribution in [0.4, 0.5) is 5.69 Å². The van der Waals surface area contributed by atoms with Gasteiger partial charge in [0.15, 0.2) is 6.61 Å². The maximum atomic E-state index is 12.2. The van der Waals surface area contributed by atoms with Gasteiger partial charge in [0.1, 0.15) is 5.75 Å². The topological polar surface area (TPSA) is 29.5 Å². The average Bonchev–Trinajstić information content (AvgIpc) is 2.41. The molecule has 2 aromatic carbocycles. The third-order valence-corrected chi connectivity index (χ3v) is 3.96. The predicted molar refractivity (Wildman–Crippen MR) is 86.7 cm³/mol. The first-order valence-corrected chi connectivity index (χ1v) is 7.62. The van der Waals surface area contributed by atoms with E-state index in [9.17, 15) is 4.79 Å². The number of rotatable bonds is 2. The van der Waals surface area contributed by atoms with Gasteiger partial charge in [-0.25, -0.2) is 0 Å². The van der Waals surface area contributed by atoms with Gasteiger partial charge in [-0.3, -0.25) is 4.79 Å². The number of hydrogen-bond donors (Lipinski definition) is 0. The maximum Gasteiger partial charge on any atom is 0.265 e. The number of fused-ring (bicyclic) bond motifs is 1. The number of aryl methyl sites for hydroxylation is 2. The van der Waals surface area contributed by atoms with Crippen molar-refractivity contribution < 1.29 is 9.53 Å². The van der Waals surface area contributed by atoms with E-state index in [2.05, 4.69) is 28.1 Å². The van der Waals surface area contributed by atoms with Crippen molar-refractivity contribution >= 4 is 27.5 Å². The summed E-state index contributed by atoms with van der Waals surface area (Å²) in [5.74, 6) is 0.769. The highest BCUT2D eigenvalue weighted by atomic mass is 79.9. The minimum atomic E-state index is -0.0102. The Morgan fingerprint density at radius 1 is 1.14 bits per heavy atom. The molecule has 4 heteroatoms. The lowest BCUT2D eigenvalue weighted by molar-refractivity contribution is -0.121. The van der Waals surface area contributed by atoms with Crippen molar-refractivity contribution in [1.82, 2.24) is 0 Å². The summed E-state index contributed by atoms with van der Waals surface area (Å²) in [7, 11) is 0. The number of benzene rings is 2. The van der Waals surface area contributed by atoms with E-state index >= 15 is 0 Å². The monoisotopic (exact) mass is 345 g/mol. The fourth-order valence-electron chi connectivity index (χ4n) is 2.57. The fourth-order valence-corrected chi connectivity index (χ4v) is 3.23. The second-order valence-corrected chi connectivity index (χ2v) is 6.29. The van der Waals surface area contributed by atoms with Gasteiger partial charge in [0.25, 0.3) is 5.91 Å². The van der Waals surface area contributed by atoms with Crippen LogP contribution in [0.3, 0.4) is 0 Å². The lowest BCUT2D eigenvalue weighted by Gasteiger charge is -2.29. The van der Waals surface area contributed by atoms with Gasteiger partial charge in [0.2, 0.25) is 0 Å². The van der Waals surface area contributed by atoms with Crippen LogP contribution in [-0.4, -0.2) is 12.5 Å². The van der Waals surface area contributed by atoms with Crippen LogP contribution in [0.25, 0.3) is 0 Å². The van der Waals surface area contributed by atoms with Crippen LogP contribution in [0, 0.1) is 13.8 Å². The van der Waals surface area contributed by atoms with Gasteiger partial charge in [0.05, 0.1) is 12.2 Å². The van der Waals surface area contributed by atoms with Gasteiger partial charge in [-0.05, 0) is 54.8 Å². The molecule has 0 saturated carbocycles. The van der Waals surface area contributed by atoms with Gasteiger partial charge >= 0.3 is 0 Å². The third kappa shape index (κ3) is 2.95. The molecular weight excluding hydrogens is 330 g/mol. The number of anilines is 1. The van der Waals surface area contributed by atoms with Crippen LogP contribution < -0.4 is 9.64 Å². The van der Waals surface area contributed by atoms with Crippen LogP contribution >= 0.6 is 15.9 Å². The zero-order chi connectivity index (χ0) is 15.0.